The van der Waals surface area contributed by atoms with E-state index in [1.165, 1.54) is 6.26 Å². The zero-order valence-electron chi connectivity index (χ0n) is 14.3. The maximum Gasteiger partial charge on any atom is 0.191 e. The number of aliphatic imine (C=N–C) groups is 1. The molecule has 0 aliphatic heterocycles. The molecule has 6 nitrogen and oxygen atoms in total. The Bertz CT molecular complexity index is 565. The summed E-state index contributed by atoms with van der Waals surface area (Å²) in [5, 5.41) is 6.27. The highest BCUT2D eigenvalue weighted by Gasteiger charge is 2.02. The molecule has 2 N–H and O–H groups in total. The number of nitrogens with zero attached hydrogens (tertiary/aromatic N) is 1. The lowest BCUT2D eigenvalue weighted by atomic mass is 10.3. The number of ether oxygens (including phenoxy) is 1. The van der Waals surface area contributed by atoms with Crippen LogP contribution < -0.4 is 15.4 Å². The van der Waals surface area contributed by atoms with Gasteiger partial charge in [0.15, 0.2) is 5.96 Å². The molecule has 1 aromatic carbocycles. The van der Waals surface area contributed by atoms with E-state index >= 15 is 0 Å². The van der Waals surface area contributed by atoms with Crippen LogP contribution in [-0.4, -0.2) is 52.6 Å². The number of sulfone groups is 1. The number of para-hydroxylation sites is 1. The van der Waals surface area contributed by atoms with Crippen molar-refractivity contribution in [2.24, 2.45) is 4.99 Å². The summed E-state index contributed by atoms with van der Waals surface area (Å²) < 4.78 is 27.8. The fraction of sp³-hybridized carbons (Fsp3) is 0.562. The van der Waals surface area contributed by atoms with E-state index in [1.807, 2.05) is 37.3 Å². The number of nitrogens with one attached hydrogen (secondary N) is 2. The van der Waals surface area contributed by atoms with Crippen LogP contribution in [0.5, 0.6) is 5.75 Å². The molecular weight excluding hydrogens is 441 g/mol. The molecule has 0 saturated heterocycles. The number of hydrogen-bond donors (Lipinski definition) is 2. The van der Waals surface area contributed by atoms with E-state index in [2.05, 4.69) is 15.6 Å². The third-order valence-corrected chi connectivity index (χ3v) is 3.94. The van der Waals surface area contributed by atoms with Gasteiger partial charge >= 0.3 is 0 Å². The average molecular weight is 469 g/mol. The van der Waals surface area contributed by atoms with Crippen molar-refractivity contribution in [3.05, 3.63) is 30.3 Å². The van der Waals surface area contributed by atoms with Gasteiger partial charge in [-0.1, -0.05) is 18.2 Å². The molecule has 0 unspecified atom stereocenters. The van der Waals surface area contributed by atoms with Crippen molar-refractivity contribution < 1.29 is 13.2 Å². The Morgan fingerprint density at radius 2 is 1.88 bits per heavy atom. The van der Waals surface area contributed by atoms with E-state index in [0.717, 1.165) is 18.7 Å². The van der Waals surface area contributed by atoms with E-state index < -0.39 is 9.84 Å². The first-order valence-electron chi connectivity index (χ1n) is 7.89. The topological polar surface area (TPSA) is 79.8 Å². The van der Waals surface area contributed by atoms with Crippen LogP contribution in [0, 0.1) is 0 Å². The summed E-state index contributed by atoms with van der Waals surface area (Å²) in [6.45, 7) is 4.60. The molecule has 138 valence electrons. The molecule has 1 rings (SSSR count). The van der Waals surface area contributed by atoms with Crippen LogP contribution in [0.15, 0.2) is 35.3 Å². The first-order chi connectivity index (χ1) is 11.0. The molecular formula is C16H28IN3O3S. The third kappa shape index (κ3) is 12.4. The summed E-state index contributed by atoms with van der Waals surface area (Å²) >= 11 is 0. The van der Waals surface area contributed by atoms with Crippen LogP contribution in [0.25, 0.3) is 0 Å². The smallest absolute Gasteiger partial charge is 0.191 e. The second-order valence-corrected chi connectivity index (χ2v) is 7.45. The normalized spacial score (nSPS) is 11.5. The second-order valence-electron chi connectivity index (χ2n) is 5.19. The molecule has 0 bridgehead atoms. The predicted molar refractivity (Wildman–Crippen MR) is 110 cm³/mol. The van der Waals surface area contributed by atoms with Gasteiger partial charge in [-0.15, -0.1) is 24.0 Å². The Hall–Kier alpha value is -1.03. The van der Waals surface area contributed by atoms with Gasteiger partial charge in [0.2, 0.25) is 0 Å². The van der Waals surface area contributed by atoms with Crippen molar-refractivity contribution in [3.63, 3.8) is 0 Å². The molecule has 0 spiro atoms. The Kier molecular flexibility index (Phi) is 12.7. The molecule has 0 aliphatic carbocycles. The highest BCUT2D eigenvalue weighted by Crippen LogP contribution is 2.08. The summed E-state index contributed by atoms with van der Waals surface area (Å²) in [5.74, 6) is 1.76. The van der Waals surface area contributed by atoms with E-state index in [0.29, 0.717) is 32.1 Å². The lowest BCUT2D eigenvalue weighted by Gasteiger charge is -2.11. The van der Waals surface area contributed by atoms with Gasteiger partial charge in [0, 0.05) is 32.3 Å². The van der Waals surface area contributed by atoms with Gasteiger partial charge in [0.05, 0.1) is 12.4 Å². The summed E-state index contributed by atoms with van der Waals surface area (Å²) in [4.78, 5) is 4.44. The van der Waals surface area contributed by atoms with Gasteiger partial charge in [-0.2, -0.15) is 0 Å². The third-order valence-electron chi connectivity index (χ3n) is 2.91. The molecule has 0 atom stereocenters. The molecule has 1 aromatic rings. The van der Waals surface area contributed by atoms with Crippen molar-refractivity contribution >= 4 is 39.8 Å². The van der Waals surface area contributed by atoms with Gasteiger partial charge in [-0.3, -0.25) is 4.99 Å². The van der Waals surface area contributed by atoms with Crippen molar-refractivity contribution in [1.82, 2.24) is 10.6 Å². The number of rotatable bonds is 10. The van der Waals surface area contributed by atoms with Crippen molar-refractivity contribution in [2.45, 2.75) is 19.8 Å². The number of halogens is 1. The molecule has 0 aromatic heterocycles. The minimum atomic E-state index is -2.90. The fourth-order valence-electron chi connectivity index (χ4n) is 1.85. The Labute approximate surface area is 162 Å². The van der Waals surface area contributed by atoms with Crippen LogP contribution in [0.3, 0.4) is 0 Å². The largest absolute Gasteiger partial charge is 0.494 e. The molecule has 0 aliphatic rings. The maximum absolute atomic E-state index is 11.1. The van der Waals surface area contributed by atoms with Crippen molar-refractivity contribution in [3.8, 4) is 5.75 Å². The van der Waals surface area contributed by atoms with E-state index in [-0.39, 0.29) is 29.7 Å². The first kappa shape index (κ1) is 23.0. The standard InChI is InChI=1S/C16H27N3O3S.HI/c1-3-17-16(19-12-8-14-23(2,20)21)18-11-7-13-22-15-9-5-4-6-10-15;/h4-6,9-10H,3,7-8,11-14H2,1-2H3,(H2,17,18,19);1H. The van der Waals surface area contributed by atoms with Crippen LogP contribution in [0.2, 0.25) is 0 Å². The lowest BCUT2D eigenvalue weighted by Crippen LogP contribution is -2.38. The summed E-state index contributed by atoms with van der Waals surface area (Å²) in [6.07, 6.45) is 2.63. The monoisotopic (exact) mass is 469 g/mol. The first-order valence-corrected chi connectivity index (χ1v) is 9.95. The summed E-state index contributed by atoms with van der Waals surface area (Å²) in [6, 6.07) is 9.69. The van der Waals surface area contributed by atoms with Gasteiger partial charge in [-0.25, -0.2) is 8.42 Å². The second kappa shape index (κ2) is 13.3. The summed E-state index contributed by atoms with van der Waals surface area (Å²) in [7, 11) is -2.90. The van der Waals surface area contributed by atoms with Crippen LogP contribution in [-0.2, 0) is 9.84 Å². The lowest BCUT2D eigenvalue weighted by molar-refractivity contribution is 0.313. The van der Waals surface area contributed by atoms with Gasteiger partial charge in [-0.05, 0) is 25.5 Å². The van der Waals surface area contributed by atoms with E-state index in [9.17, 15) is 8.42 Å². The predicted octanol–water partition coefficient (Wildman–Crippen LogP) is 2.06. The Balaban J connectivity index is 0.00000529. The SMILES string of the molecule is CCNC(=NCCCOc1ccccc1)NCCCS(C)(=O)=O.I. The molecule has 0 fully saturated rings. The highest BCUT2D eigenvalue weighted by molar-refractivity contribution is 14.0. The van der Waals surface area contributed by atoms with Crippen LogP contribution >= 0.6 is 24.0 Å². The van der Waals surface area contributed by atoms with E-state index in [4.69, 9.17) is 4.74 Å². The Morgan fingerprint density at radius 3 is 2.50 bits per heavy atom. The highest BCUT2D eigenvalue weighted by atomic mass is 127. The van der Waals surface area contributed by atoms with Gasteiger partial charge in [0.25, 0.3) is 0 Å². The molecule has 24 heavy (non-hydrogen) atoms. The van der Waals surface area contributed by atoms with Crippen molar-refractivity contribution in [2.75, 3.05) is 38.2 Å². The molecule has 0 saturated carbocycles. The minimum Gasteiger partial charge on any atom is -0.494 e. The minimum absolute atomic E-state index is 0. The van der Waals surface area contributed by atoms with Gasteiger partial charge in [0.1, 0.15) is 15.6 Å². The zero-order valence-corrected chi connectivity index (χ0v) is 17.5. The molecule has 0 radical (unpaired) electrons. The Morgan fingerprint density at radius 1 is 1.17 bits per heavy atom. The fourth-order valence-corrected chi connectivity index (χ4v) is 2.51. The quantitative estimate of drug-likeness (QED) is 0.237. The zero-order chi connectivity index (χ0) is 17.0. The number of guanidine groups is 1. The van der Waals surface area contributed by atoms with Crippen molar-refractivity contribution in [1.29, 1.82) is 0 Å². The van der Waals surface area contributed by atoms with Crippen LogP contribution in [0.4, 0.5) is 0 Å². The molecule has 0 heterocycles. The van der Waals surface area contributed by atoms with Crippen LogP contribution in [0.1, 0.15) is 19.8 Å². The maximum atomic E-state index is 11.1. The molecule has 0 amide bonds. The summed E-state index contributed by atoms with van der Waals surface area (Å²) in [5.41, 5.74) is 0. The average Bonchev–Trinajstić information content (AvgIpc) is 2.51. The van der Waals surface area contributed by atoms with E-state index in [1.54, 1.807) is 0 Å². The number of benzene rings is 1. The molecule has 8 heteroatoms. The van der Waals surface area contributed by atoms with Gasteiger partial charge < -0.3 is 15.4 Å². The number of hydrogen-bond acceptors (Lipinski definition) is 4.